The number of alkyl halides is 6. The third-order valence-corrected chi connectivity index (χ3v) is 6.68. The fourth-order valence-corrected chi connectivity index (χ4v) is 4.98. The molecule has 3 rings (SSSR count). The molecule has 0 aromatic heterocycles. The van der Waals surface area contributed by atoms with Gasteiger partial charge >= 0.3 is 12.4 Å². The van der Waals surface area contributed by atoms with Gasteiger partial charge in [-0.15, -0.1) is 0 Å². The molecule has 4 nitrogen and oxygen atoms in total. The first-order chi connectivity index (χ1) is 17.6. The molecule has 1 aliphatic carbocycles. The highest BCUT2D eigenvalue weighted by molar-refractivity contribution is 5.78. The lowest BCUT2D eigenvalue weighted by Crippen LogP contribution is -2.44. The largest absolute Gasteiger partial charge is 0.416 e. The SMILES string of the molecule is CC(C)NC(=O)CN(C)C1CCC(OC(C)c2cc(C(F)(F)F)cc(C(F)(F)F)c2)C1c1ccc(F)cc1. The van der Waals surface area contributed by atoms with Crippen molar-refractivity contribution in [1.29, 1.82) is 0 Å². The number of ether oxygens (including phenoxy) is 1. The second kappa shape index (κ2) is 11.6. The molecule has 38 heavy (non-hydrogen) atoms. The van der Waals surface area contributed by atoms with Crippen molar-refractivity contribution in [3.05, 3.63) is 70.5 Å². The maximum absolute atomic E-state index is 13.6. The highest BCUT2D eigenvalue weighted by Crippen LogP contribution is 2.43. The van der Waals surface area contributed by atoms with Crippen molar-refractivity contribution in [2.45, 2.75) is 76.2 Å². The van der Waals surface area contributed by atoms with E-state index in [1.165, 1.54) is 19.1 Å². The van der Waals surface area contributed by atoms with Crippen LogP contribution < -0.4 is 5.32 Å². The number of hydrogen-bond donors (Lipinski definition) is 1. The predicted molar refractivity (Wildman–Crippen MR) is 128 cm³/mol. The Labute approximate surface area is 217 Å². The average Bonchev–Trinajstić information content (AvgIpc) is 3.21. The highest BCUT2D eigenvalue weighted by atomic mass is 19.4. The summed E-state index contributed by atoms with van der Waals surface area (Å²) >= 11 is 0. The zero-order valence-corrected chi connectivity index (χ0v) is 21.5. The van der Waals surface area contributed by atoms with Crippen molar-refractivity contribution in [2.75, 3.05) is 13.6 Å². The summed E-state index contributed by atoms with van der Waals surface area (Å²) in [5, 5.41) is 2.81. The summed E-state index contributed by atoms with van der Waals surface area (Å²) in [5.74, 6) is -1.05. The van der Waals surface area contributed by atoms with Crippen LogP contribution in [0.5, 0.6) is 0 Å². The number of nitrogens with zero attached hydrogens (tertiary/aromatic N) is 1. The van der Waals surface area contributed by atoms with Gasteiger partial charge in [0.2, 0.25) is 5.91 Å². The Morgan fingerprint density at radius 3 is 2.03 bits per heavy atom. The lowest BCUT2D eigenvalue weighted by atomic mass is 9.91. The number of halogens is 7. The molecule has 0 bridgehead atoms. The summed E-state index contributed by atoms with van der Waals surface area (Å²) < 4.78 is 100.0. The smallest absolute Gasteiger partial charge is 0.370 e. The van der Waals surface area contributed by atoms with Gasteiger partial charge in [0, 0.05) is 18.0 Å². The van der Waals surface area contributed by atoms with Crippen LogP contribution in [0.4, 0.5) is 30.7 Å². The third kappa shape index (κ3) is 7.47. The van der Waals surface area contributed by atoms with E-state index in [4.69, 9.17) is 4.74 Å². The predicted octanol–water partition coefficient (Wildman–Crippen LogP) is 6.71. The van der Waals surface area contributed by atoms with Gasteiger partial charge in [-0.3, -0.25) is 9.69 Å². The number of amides is 1. The molecule has 0 radical (unpaired) electrons. The van der Waals surface area contributed by atoms with Gasteiger partial charge in [0.1, 0.15) is 5.82 Å². The minimum Gasteiger partial charge on any atom is -0.370 e. The van der Waals surface area contributed by atoms with E-state index in [1.54, 1.807) is 19.2 Å². The molecule has 11 heteroatoms. The lowest BCUT2D eigenvalue weighted by Gasteiger charge is -2.33. The summed E-state index contributed by atoms with van der Waals surface area (Å²) in [5.41, 5.74) is -2.37. The molecule has 4 unspecified atom stereocenters. The van der Waals surface area contributed by atoms with Gasteiger partial charge in [-0.25, -0.2) is 4.39 Å². The Bertz CT molecular complexity index is 1070. The van der Waals surface area contributed by atoms with Crippen LogP contribution in [0.1, 0.15) is 67.9 Å². The van der Waals surface area contributed by atoms with Crippen LogP contribution in [0.15, 0.2) is 42.5 Å². The molecule has 1 amide bonds. The molecule has 0 aliphatic heterocycles. The summed E-state index contributed by atoms with van der Waals surface area (Å²) in [6, 6.07) is 6.84. The zero-order chi connectivity index (χ0) is 28.4. The third-order valence-electron chi connectivity index (χ3n) is 6.68. The number of nitrogens with one attached hydrogen (secondary N) is 1. The summed E-state index contributed by atoms with van der Waals surface area (Å²) in [6.45, 7) is 5.14. The van der Waals surface area contributed by atoms with E-state index in [-0.39, 0.29) is 36.2 Å². The van der Waals surface area contributed by atoms with E-state index in [0.29, 0.717) is 30.5 Å². The number of rotatable bonds is 8. The van der Waals surface area contributed by atoms with Gasteiger partial charge in [-0.2, -0.15) is 26.3 Å². The van der Waals surface area contributed by atoms with Crippen molar-refractivity contribution >= 4 is 5.91 Å². The summed E-state index contributed by atoms with van der Waals surface area (Å²) in [6.07, 6.45) is -10.6. The van der Waals surface area contributed by atoms with E-state index in [0.717, 1.165) is 0 Å². The van der Waals surface area contributed by atoms with Crippen LogP contribution in [0.25, 0.3) is 0 Å². The van der Waals surface area contributed by atoms with Gasteiger partial charge in [0.25, 0.3) is 0 Å². The fraction of sp³-hybridized carbons (Fsp3) is 0.519. The van der Waals surface area contributed by atoms with E-state index in [9.17, 15) is 35.5 Å². The first-order valence-electron chi connectivity index (χ1n) is 12.3. The molecule has 1 aliphatic rings. The van der Waals surface area contributed by atoms with Gasteiger partial charge in [0.15, 0.2) is 0 Å². The van der Waals surface area contributed by atoms with E-state index >= 15 is 0 Å². The second-order valence-electron chi connectivity index (χ2n) is 10.0. The van der Waals surface area contributed by atoms with Crippen LogP contribution >= 0.6 is 0 Å². The molecule has 1 fully saturated rings. The maximum Gasteiger partial charge on any atom is 0.416 e. The van der Waals surface area contributed by atoms with Crippen molar-refractivity contribution < 1.29 is 40.3 Å². The van der Waals surface area contributed by atoms with Crippen LogP contribution in [0.3, 0.4) is 0 Å². The van der Waals surface area contributed by atoms with E-state index in [2.05, 4.69) is 5.32 Å². The normalized spacial score (nSPS) is 21.2. The van der Waals surface area contributed by atoms with Crippen LogP contribution in [-0.4, -0.2) is 42.6 Å². The molecular weight excluding hydrogens is 517 g/mol. The molecule has 1 saturated carbocycles. The molecule has 0 saturated heterocycles. The van der Waals surface area contributed by atoms with Crippen LogP contribution in [0, 0.1) is 5.82 Å². The number of carbonyl (C=O) groups excluding carboxylic acids is 1. The maximum atomic E-state index is 13.6. The highest BCUT2D eigenvalue weighted by Gasteiger charge is 2.42. The first kappa shape index (κ1) is 29.9. The minimum atomic E-state index is -4.97. The molecule has 0 spiro atoms. The number of hydrogen-bond acceptors (Lipinski definition) is 3. The standard InChI is InChI=1S/C27H31F7N2O2/c1-15(2)35-24(37)14-36(4)22-9-10-23(25(22)17-5-7-21(28)8-6-17)38-16(3)18-11-19(26(29,30)31)13-20(12-18)27(32,33)34/h5-8,11-13,15-16,22-23,25H,9-10,14H2,1-4H3,(H,35,37). The molecule has 1 N–H and O–H groups in total. The molecule has 0 heterocycles. The Kier molecular flexibility index (Phi) is 9.13. The Balaban J connectivity index is 1.90. The van der Waals surface area contributed by atoms with Crippen LogP contribution in [0.2, 0.25) is 0 Å². The number of likely N-dealkylation sites (N-methyl/N-ethyl adjacent to an activating group) is 1. The Morgan fingerprint density at radius 2 is 1.53 bits per heavy atom. The summed E-state index contributed by atoms with van der Waals surface area (Å²) in [7, 11) is 1.76. The van der Waals surface area contributed by atoms with Crippen molar-refractivity contribution in [1.82, 2.24) is 10.2 Å². The van der Waals surface area contributed by atoms with Gasteiger partial charge in [-0.1, -0.05) is 12.1 Å². The lowest BCUT2D eigenvalue weighted by molar-refractivity contribution is -0.143. The molecule has 210 valence electrons. The molecule has 4 atom stereocenters. The minimum absolute atomic E-state index is 0.0571. The fourth-order valence-electron chi connectivity index (χ4n) is 4.98. The van der Waals surface area contributed by atoms with E-state index in [1.807, 2.05) is 18.7 Å². The number of benzene rings is 2. The quantitative estimate of drug-likeness (QED) is 0.373. The summed E-state index contributed by atoms with van der Waals surface area (Å²) in [4.78, 5) is 14.2. The van der Waals surface area contributed by atoms with Crippen LogP contribution in [-0.2, 0) is 21.9 Å². The first-order valence-corrected chi connectivity index (χ1v) is 12.3. The topological polar surface area (TPSA) is 41.6 Å². The average molecular weight is 549 g/mol. The van der Waals surface area contributed by atoms with Gasteiger partial charge in [0.05, 0.1) is 29.9 Å². The Morgan fingerprint density at radius 1 is 0.974 bits per heavy atom. The van der Waals surface area contributed by atoms with Crippen molar-refractivity contribution in [3.8, 4) is 0 Å². The number of carbonyl (C=O) groups is 1. The van der Waals surface area contributed by atoms with E-state index < -0.39 is 47.4 Å². The molecule has 2 aromatic carbocycles. The van der Waals surface area contributed by atoms with Gasteiger partial charge in [-0.05, 0) is 82.1 Å². The molecular formula is C27H31F7N2O2. The van der Waals surface area contributed by atoms with Gasteiger partial charge < -0.3 is 10.1 Å². The van der Waals surface area contributed by atoms with Crippen molar-refractivity contribution in [2.24, 2.45) is 0 Å². The zero-order valence-electron chi connectivity index (χ0n) is 21.5. The molecule has 2 aromatic rings. The Hall–Kier alpha value is -2.66. The van der Waals surface area contributed by atoms with Crippen molar-refractivity contribution in [3.63, 3.8) is 0 Å². The second-order valence-corrected chi connectivity index (χ2v) is 10.0. The monoisotopic (exact) mass is 548 g/mol.